The van der Waals surface area contributed by atoms with Crippen molar-refractivity contribution in [3.63, 3.8) is 0 Å². The molecule has 1 saturated heterocycles. The van der Waals surface area contributed by atoms with E-state index < -0.39 is 0 Å². The smallest absolute Gasteiger partial charge is 0.409 e. The number of carbonyl (C=O) groups excluding carboxylic acids is 1. The van der Waals surface area contributed by atoms with Crippen LogP contribution in [-0.2, 0) is 4.74 Å². The van der Waals surface area contributed by atoms with Crippen LogP contribution in [0.15, 0.2) is 6.07 Å². The van der Waals surface area contributed by atoms with Gasteiger partial charge in [-0.3, -0.25) is 0 Å². The van der Waals surface area contributed by atoms with Crippen LogP contribution in [0.3, 0.4) is 0 Å². The summed E-state index contributed by atoms with van der Waals surface area (Å²) < 4.78 is 5.00. The van der Waals surface area contributed by atoms with Gasteiger partial charge in [-0.05, 0) is 26.8 Å². The lowest BCUT2D eigenvalue weighted by atomic mass is 10.3. The molecule has 0 saturated carbocycles. The molecule has 2 heterocycles. The Kier molecular flexibility index (Phi) is 4.19. The summed E-state index contributed by atoms with van der Waals surface area (Å²) in [5, 5.41) is 0. The number of amides is 1. The number of hydrogen-bond donors (Lipinski definition) is 0. The molecule has 1 amide bonds. The number of aryl methyl sites for hydroxylation is 2. The van der Waals surface area contributed by atoms with Crippen molar-refractivity contribution in [2.45, 2.75) is 20.8 Å². The third-order valence-electron chi connectivity index (χ3n) is 3.06. The molecule has 1 aliphatic rings. The molecule has 0 atom stereocenters. The molecule has 0 radical (unpaired) electrons. The van der Waals surface area contributed by atoms with Crippen LogP contribution in [0.2, 0.25) is 0 Å². The van der Waals surface area contributed by atoms with Crippen LogP contribution < -0.4 is 4.90 Å². The Hall–Kier alpha value is -1.85. The molecular weight excluding hydrogens is 244 g/mol. The number of ether oxygens (including phenoxy) is 1. The van der Waals surface area contributed by atoms with Crippen molar-refractivity contribution in [2.75, 3.05) is 37.7 Å². The van der Waals surface area contributed by atoms with Gasteiger partial charge in [0.15, 0.2) is 0 Å². The molecular formula is C13H20N4O2. The molecule has 1 fully saturated rings. The fraction of sp³-hybridized carbons (Fsp3) is 0.615. The zero-order valence-electron chi connectivity index (χ0n) is 11.7. The lowest BCUT2D eigenvalue weighted by Crippen LogP contribution is -2.49. The van der Waals surface area contributed by atoms with E-state index in [1.807, 2.05) is 26.8 Å². The van der Waals surface area contributed by atoms with Gasteiger partial charge in [0, 0.05) is 37.6 Å². The highest BCUT2D eigenvalue weighted by molar-refractivity contribution is 5.68. The molecule has 6 heteroatoms. The van der Waals surface area contributed by atoms with Crippen LogP contribution in [0.25, 0.3) is 0 Å². The maximum atomic E-state index is 11.6. The van der Waals surface area contributed by atoms with Crippen molar-refractivity contribution in [2.24, 2.45) is 0 Å². The SMILES string of the molecule is CCOC(=O)N1CCN(c2nc(C)cc(C)n2)CC1. The highest BCUT2D eigenvalue weighted by Crippen LogP contribution is 2.13. The second-order valence-electron chi connectivity index (χ2n) is 4.62. The summed E-state index contributed by atoms with van der Waals surface area (Å²) >= 11 is 0. The normalized spacial score (nSPS) is 15.5. The molecule has 0 spiro atoms. The summed E-state index contributed by atoms with van der Waals surface area (Å²) in [6.07, 6.45) is -0.233. The van der Waals surface area contributed by atoms with Gasteiger partial charge >= 0.3 is 6.09 Å². The van der Waals surface area contributed by atoms with Gasteiger partial charge in [0.2, 0.25) is 5.95 Å². The van der Waals surface area contributed by atoms with Gasteiger partial charge < -0.3 is 14.5 Å². The highest BCUT2D eigenvalue weighted by atomic mass is 16.6. The molecule has 19 heavy (non-hydrogen) atoms. The third kappa shape index (κ3) is 3.33. The average Bonchev–Trinajstić information content (AvgIpc) is 2.38. The van der Waals surface area contributed by atoms with Crippen LogP contribution in [0.5, 0.6) is 0 Å². The average molecular weight is 264 g/mol. The summed E-state index contributed by atoms with van der Waals surface area (Å²) in [6, 6.07) is 1.96. The van der Waals surface area contributed by atoms with Gasteiger partial charge in [0.05, 0.1) is 6.61 Å². The minimum Gasteiger partial charge on any atom is -0.450 e. The molecule has 0 bridgehead atoms. The second kappa shape index (κ2) is 5.86. The maximum Gasteiger partial charge on any atom is 0.409 e. The van der Waals surface area contributed by atoms with Crippen molar-refractivity contribution < 1.29 is 9.53 Å². The fourth-order valence-electron chi connectivity index (χ4n) is 2.15. The van der Waals surface area contributed by atoms with Gasteiger partial charge in [-0.2, -0.15) is 0 Å². The molecule has 0 N–H and O–H groups in total. The number of piperazine rings is 1. The molecule has 1 aromatic rings. The van der Waals surface area contributed by atoms with Crippen LogP contribution in [0, 0.1) is 13.8 Å². The Morgan fingerprint density at radius 2 is 1.79 bits per heavy atom. The van der Waals surface area contributed by atoms with Crippen molar-refractivity contribution in [3.05, 3.63) is 17.5 Å². The molecule has 6 nitrogen and oxygen atoms in total. The van der Waals surface area contributed by atoms with Crippen molar-refractivity contribution in [3.8, 4) is 0 Å². The summed E-state index contributed by atoms with van der Waals surface area (Å²) in [4.78, 5) is 24.3. The number of aromatic nitrogens is 2. The summed E-state index contributed by atoms with van der Waals surface area (Å²) in [5.74, 6) is 0.751. The van der Waals surface area contributed by atoms with E-state index in [2.05, 4.69) is 14.9 Å². The first-order chi connectivity index (χ1) is 9.10. The van der Waals surface area contributed by atoms with Gasteiger partial charge in [0.25, 0.3) is 0 Å². The topological polar surface area (TPSA) is 58.6 Å². The molecule has 1 aliphatic heterocycles. The molecule has 104 valence electrons. The van der Waals surface area contributed by atoms with Gasteiger partial charge in [-0.25, -0.2) is 14.8 Å². The summed E-state index contributed by atoms with van der Waals surface area (Å²) in [5.41, 5.74) is 1.94. The first-order valence-electron chi connectivity index (χ1n) is 6.59. The lowest BCUT2D eigenvalue weighted by molar-refractivity contribution is 0.105. The van der Waals surface area contributed by atoms with E-state index in [9.17, 15) is 4.79 Å². The first-order valence-corrected chi connectivity index (χ1v) is 6.59. The monoisotopic (exact) mass is 264 g/mol. The number of hydrogen-bond acceptors (Lipinski definition) is 5. The van der Waals surface area contributed by atoms with Crippen LogP contribution >= 0.6 is 0 Å². The van der Waals surface area contributed by atoms with Crippen LogP contribution in [0.1, 0.15) is 18.3 Å². The predicted molar refractivity (Wildman–Crippen MR) is 72.3 cm³/mol. The Balaban J connectivity index is 1.97. The zero-order chi connectivity index (χ0) is 13.8. The molecule has 0 unspecified atom stereocenters. The second-order valence-corrected chi connectivity index (χ2v) is 4.62. The number of nitrogens with zero attached hydrogens (tertiary/aromatic N) is 4. The number of anilines is 1. The Morgan fingerprint density at radius 1 is 1.21 bits per heavy atom. The van der Waals surface area contributed by atoms with Gasteiger partial charge in [-0.1, -0.05) is 0 Å². The van der Waals surface area contributed by atoms with Gasteiger partial charge in [-0.15, -0.1) is 0 Å². The first kappa shape index (κ1) is 13.6. The molecule has 0 aliphatic carbocycles. The Bertz CT molecular complexity index is 436. The van der Waals surface area contributed by atoms with Crippen molar-refractivity contribution in [1.29, 1.82) is 0 Å². The largest absolute Gasteiger partial charge is 0.450 e. The number of rotatable bonds is 2. The number of carbonyl (C=O) groups is 1. The third-order valence-corrected chi connectivity index (χ3v) is 3.06. The van der Waals surface area contributed by atoms with E-state index in [0.717, 1.165) is 30.4 Å². The summed E-state index contributed by atoms with van der Waals surface area (Å²) in [6.45, 7) is 8.94. The van der Waals surface area contributed by atoms with Crippen LogP contribution in [0.4, 0.5) is 10.7 Å². The Labute approximate surface area is 113 Å². The van der Waals surface area contributed by atoms with E-state index in [1.165, 1.54) is 0 Å². The molecule has 0 aromatic carbocycles. The summed E-state index contributed by atoms with van der Waals surface area (Å²) in [7, 11) is 0. The van der Waals surface area contributed by atoms with Gasteiger partial charge in [0.1, 0.15) is 0 Å². The van der Waals surface area contributed by atoms with E-state index >= 15 is 0 Å². The van der Waals surface area contributed by atoms with Crippen molar-refractivity contribution >= 4 is 12.0 Å². The Morgan fingerprint density at radius 3 is 2.32 bits per heavy atom. The van der Waals surface area contributed by atoms with Crippen molar-refractivity contribution in [1.82, 2.24) is 14.9 Å². The minimum absolute atomic E-state index is 0.233. The quantitative estimate of drug-likeness (QED) is 0.807. The highest BCUT2D eigenvalue weighted by Gasteiger charge is 2.23. The van der Waals surface area contributed by atoms with E-state index in [-0.39, 0.29) is 6.09 Å². The van der Waals surface area contributed by atoms with E-state index in [4.69, 9.17) is 4.74 Å². The molecule has 1 aromatic heterocycles. The lowest BCUT2D eigenvalue weighted by Gasteiger charge is -2.34. The standard InChI is InChI=1S/C13H20N4O2/c1-4-19-13(18)17-7-5-16(6-8-17)12-14-10(2)9-11(3)15-12/h9H,4-8H2,1-3H3. The predicted octanol–water partition coefficient (Wildman–Crippen LogP) is 1.37. The molecule has 2 rings (SSSR count). The van der Waals surface area contributed by atoms with E-state index in [1.54, 1.807) is 4.90 Å². The fourth-order valence-corrected chi connectivity index (χ4v) is 2.15. The van der Waals surface area contributed by atoms with Crippen LogP contribution in [-0.4, -0.2) is 53.7 Å². The van der Waals surface area contributed by atoms with E-state index in [0.29, 0.717) is 19.7 Å². The minimum atomic E-state index is -0.233. The maximum absolute atomic E-state index is 11.6. The zero-order valence-corrected chi connectivity index (χ0v) is 11.7.